The summed E-state index contributed by atoms with van der Waals surface area (Å²) in [7, 11) is 1.61. The van der Waals surface area contributed by atoms with Crippen LogP contribution in [0.1, 0.15) is 24.2 Å². The van der Waals surface area contributed by atoms with Crippen molar-refractivity contribution in [2.75, 3.05) is 12.9 Å². The molecule has 4 rings (SSSR count). The minimum absolute atomic E-state index is 0.127. The first-order chi connectivity index (χ1) is 15.5. The van der Waals surface area contributed by atoms with Gasteiger partial charge in [0.15, 0.2) is 5.16 Å². The van der Waals surface area contributed by atoms with Gasteiger partial charge in [-0.15, -0.1) is 0 Å². The zero-order valence-corrected chi connectivity index (χ0v) is 18.9. The Labute approximate surface area is 189 Å². The van der Waals surface area contributed by atoms with Crippen LogP contribution in [0.3, 0.4) is 0 Å². The van der Waals surface area contributed by atoms with Crippen molar-refractivity contribution < 1.29 is 9.53 Å². The van der Waals surface area contributed by atoms with Crippen molar-refractivity contribution in [3.05, 3.63) is 82.3 Å². The van der Waals surface area contributed by atoms with Crippen molar-refractivity contribution in [1.29, 1.82) is 0 Å². The zero-order valence-electron chi connectivity index (χ0n) is 18.1. The van der Waals surface area contributed by atoms with E-state index in [4.69, 9.17) is 4.74 Å². The minimum atomic E-state index is -0.193. The molecular formula is C24H24N4O3S. The van der Waals surface area contributed by atoms with Crippen LogP contribution in [-0.4, -0.2) is 33.3 Å². The molecule has 2 heterocycles. The van der Waals surface area contributed by atoms with E-state index in [0.29, 0.717) is 21.9 Å². The molecule has 2 aromatic carbocycles. The molecule has 7 nitrogen and oxygen atoms in total. The van der Waals surface area contributed by atoms with Crippen LogP contribution in [0.4, 0.5) is 0 Å². The number of para-hydroxylation sites is 1. The number of methoxy groups -OCH3 is 1. The highest BCUT2D eigenvalue weighted by molar-refractivity contribution is 7.99. The summed E-state index contributed by atoms with van der Waals surface area (Å²) in [6, 6.07) is 18.6. The van der Waals surface area contributed by atoms with Crippen LogP contribution < -0.4 is 15.6 Å². The predicted molar refractivity (Wildman–Crippen MR) is 127 cm³/mol. The van der Waals surface area contributed by atoms with E-state index in [1.165, 1.54) is 11.8 Å². The van der Waals surface area contributed by atoms with Crippen LogP contribution in [0.5, 0.6) is 5.75 Å². The lowest BCUT2D eigenvalue weighted by atomic mass is 10.1. The number of hydrogen-bond donors (Lipinski definition) is 2. The van der Waals surface area contributed by atoms with Gasteiger partial charge in [-0.3, -0.25) is 14.2 Å². The molecule has 2 N–H and O–H groups in total. The van der Waals surface area contributed by atoms with Gasteiger partial charge in [-0.05, 0) is 49.7 Å². The van der Waals surface area contributed by atoms with Gasteiger partial charge >= 0.3 is 0 Å². The van der Waals surface area contributed by atoms with Crippen molar-refractivity contribution in [1.82, 2.24) is 19.9 Å². The van der Waals surface area contributed by atoms with E-state index in [-0.39, 0.29) is 23.3 Å². The molecule has 0 unspecified atom stereocenters. The van der Waals surface area contributed by atoms with Gasteiger partial charge in [0.1, 0.15) is 11.3 Å². The number of ether oxygens (including phenoxy) is 1. The molecule has 0 bridgehead atoms. The van der Waals surface area contributed by atoms with Gasteiger partial charge in [0.25, 0.3) is 5.56 Å². The summed E-state index contributed by atoms with van der Waals surface area (Å²) < 4.78 is 6.80. The number of nitrogens with one attached hydrogen (secondary N) is 2. The third-order valence-corrected chi connectivity index (χ3v) is 6.01. The third kappa shape index (κ3) is 4.55. The second-order valence-electron chi connectivity index (χ2n) is 7.44. The van der Waals surface area contributed by atoms with Crippen LogP contribution in [0.25, 0.3) is 16.7 Å². The van der Waals surface area contributed by atoms with Gasteiger partial charge in [-0.2, -0.15) is 0 Å². The maximum atomic E-state index is 13.2. The first-order valence-corrected chi connectivity index (χ1v) is 11.2. The molecule has 32 heavy (non-hydrogen) atoms. The molecule has 0 aliphatic heterocycles. The van der Waals surface area contributed by atoms with Gasteiger partial charge in [0.05, 0.1) is 30.1 Å². The quantitative estimate of drug-likeness (QED) is 0.330. The number of H-pyrrole nitrogens is 1. The first kappa shape index (κ1) is 21.7. The molecule has 1 amide bonds. The number of carbonyl (C=O) groups is 1. The van der Waals surface area contributed by atoms with Crippen molar-refractivity contribution in [2.45, 2.75) is 25.0 Å². The summed E-state index contributed by atoms with van der Waals surface area (Å²) in [4.78, 5) is 33.6. The molecular weight excluding hydrogens is 424 g/mol. The Kier molecular flexibility index (Phi) is 6.32. The molecule has 0 spiro atoms. The number of rotatable bonds is 7. The number of carbonyl (C=O) groups excluding carboxylic acids is 1. The molecule has 0 saturated carbocycles. The highest BCUT2D eigenvalue weighted by Crippen LogP contribution is 2.23. The van der Waals surface area contributed by atoms with Crippen molar-refractivity contribution in [2.24, 2.45) is 0 Å². The van der Waals surface area contributed by atoms with E-state index in [1.807, 2.05) is 74.5 Å². The number of hydrogen-bond acceptors (Lipinski definition) is 5. The fourth-order valence-corrected chi connectivity index (χ4v) is 4.31. The molecule has 0 radical (unpaired) electrons. The van der Waals surface area contributed by atoms with E-state index in [2.05, 4.69) is 15.3 Å². The highest BCUT2D eigenvalue weighted by Gasteiger charge is 2.17. The molecule has 4 aromatic rings. The lowest BCUT2D eigenvalue weighted by Crippen LogP contribution is -2.29. The Morgan fingerprint density at radius 1 is 1.19 bits per heavy atom. The number of nitrogens with zero attached hydrogens (tertiary/aromatic N) is 2. The lowest BCUT2D eigenvalue weighted by molar-refractivity contribution is -0.119. The van der Waals surface area contributed by atoms with E-state index in [9.17, 15) is 9.59 Å². The number of aromatic nitrogens is 3. The van der Waals surface area contributed by atoms with Crippen LogP contribution in [0.15, 0.2) is 70.6 Å². The number of aryl methyl sites for hydroxylation is 1. The minimum Gasteiger partial charge on any atom is -0.497 e. The second-order valence-corrected chi connectivity index (χ2v) is 8.38. The summed E-state index contributed by atoms with van der Waals surface area (Å²) in [6.45, 7) is 3.80. The van der Waals surface area contributed by atoms with Gasteiger partial charge < -0.3 is 15.0 Å². The van der Waals surface area contributed by atoms with E-state index in [0.717, 1.165) is 17.0 Å². The molecule has 2 aromatic heterocycles. The lowest BCUT2D eigenvalue weighted by Gasteiger charge is -2.16. The fourth-order valence-electron chi connectivity index (χ4n) is 3.49. The van der Waals surface area contributed by atoms with Gasteiger partial charge in [0, 0.05) is 5.69 Å². The van der Waals surface area contributed by atoms with Crippen molar-refractivity contribution >= 4 is 28.7 Å². The fraction of sp³-hybridized carbons (Fsp3) is 0.208. The number of thioether (sulfide) groups is 1. The predicted octanol–water partition coefficient (Wildman–Crippen LogP) is 4.00. The maximum Gasteiger partial charge on any atom is 0.283 e. The molecule has 164 valence electrons. The Bertz CT molecular complexity index is 1310. The zero-order chi connectivity index (χ0) is 22.7. The van der Waals surface area contributed by atoms with Gasteiger partial charge in [0.2, 0.25) is 5.91 Å². The Morgan fingerprint density at radius 2 is 1.97 bits per heavy atom. The topological polar surface area (TPSA) is 89.0 Å². The van der Waals surface area contributed by atoms with Gasteiger partial charge in [-0.1, -0.05) is 42.1 Å². The van der Waals surface area contributed by atoms with Gasteiger partial charge in [-0.25, -0.2) is 4.98 Å². The van der Waals surface area contributed by atoms with E-state index in [1.54, 1.807) is 11.7 Å². The summed E-state index contributed by atoms with van der Waals surface area (Å²) in [6.07, 6.45) is 0. The first-order valence-electron chi connectivity index (χ1n) is 10.2. The summed E-state index contributed by atoms with van der Waals surface area (Å²) >= 11 is 1.23. The molecule has 0 aliphatic carbocycles. The third-order valence-electron chi connectivity index (χ3n) is 5.07. The smallest absolute Gasteiger partial charge is 0.283 e. The maximum absolute atomic E-state index is 13.2. The number of fused-ring (bicyclic) bond motifs is 1. The standard InChI is InChI=1S/C24H24N4O3S/c1-15-12-20-22(25-15)23(30)28(18-9-5-4-6-10-18)24(27-20)32-14-21(29)26-16(2)17-8-7-11-19(13-17)31-3/h4-13,16,25H,14H2,1-3H3,(H,26,29)/t16-/m1/s1. The normalized spacial score (nSPS) is 12.0. The molecule has 0 saturated heterocycles. The van der Waals surface area contributed by atoms with Crippen LogP contribution in [0.2, 0.25) is 0 Å². The van der Waals surface area contributed by atoms with Crippen LogP contribution >= 0.6 is 11.8 Å². The average molecular weight is 449 g/mol. The largest absolute Gasteiger partial charge is 0.497 e. The number of amides is 1. The summed E-state index contributed by atoms with van der Waals surface area (Å²) in [5.74, 6) is 0.719. The Hall–Kier alpha value is -3.52. The molecule has 0 fully saturated rings. The molecule has 0 aliphatic rings. The van der Waals surface area contributed by atoms with Crippen LogP contribution in [0, 0.1) is 6.92 Å². The van der Waals surface area contributed by atoms with Crippen molar-refractivity contribution in [3.63, 3.8) is 0 Å². The highest BCUT2D eigenvalue weighted by atomic mass is 32.2. The van der Waals surface area contributed by atoms with Crippen LogP contribution in [-0.2, 0) is 4.79 Å². The average Bonchev–Trinajstić information content (AvgIpc) is 3.19. The second kappa shape index (κ2) is 9.32. The van der Waals surface area contributed by atoms with E-state index >= 15 is 0 Å². The number of benzene rings is 2. The van der Waals surface area contributed by atoms with Crippen molar-refractivity contribution in [3.8, 4) is 11.4 Å². The summed E-state index contributed by atoms with van der Waals surface area (Å²) in [5, 5.41) is 3.47. The van der Waals surface area contributed by atoms with E-state index < -0.39 is 0 Å². The molecule has 8 heteroatoms. The Morgan fingerprint density at radius 3 is 2.72 bits per heavy atom. The molecule has 1 atom stereocenters. The SMILES string of the molecule is COc1cccc([C@@H](C)NC(=O)CSc2nc3cc(C)[nH]c3c(=O)n2-c2ccccc2)c1. The summed E-state index contributed by atoms with van der Waals surface area (Å²) in [5.41, 5.74) is 3.36. The monoisotopic (exact) mass is 448 g/mol. The number of aromatic amines is 1. The Balaban J connectivity index is 1.57.